The van der Waals surface area contributed by atoms with Crippen molar-refractivity contribution in [2.45, 2.75) is 33.4 Å². The number of hydrogen-bond acceptors (Lipinski definition) is 4. The molecule has 0 aromatic carbocycles. The van der Waals surface area contributed by atoms with E-state index in [1.807, 2.05) is 17.8 Å². The van der Waals surface area contributed by atoms with Gasteiger partial charge in [0.15, 0.2) is 5.75 Å². The van der Waals surface area contributed by atoms with Crippen molar-refractivity contribution < 1.29 is 9.47 Å². The van der Waals surface area contributed by atoms with Crippen molar-refractivity contribution in [1.29, 1.82) is 0 Å². The van der Waals surface area contributed by atoms with E-state index in [9.17, 15) is 0 Å². The van der Waals surface area contributed by atoms with Crippen molar-refractivity contribution in [3.05, 3.63) is 12.4 Å². The minimum Gasteiger partial charge on any atom is -0.483 e. The number of nitrogens with one attached hydrogen (secondary N) is 1. The topological polar surface area (TPSA) is 48.3 Å². The Balaban J connectivity index is 2.41. The van der Waals surface area contributed by atoms with Gasteiger partial charge in [-0.15, -0.1) is 0 Å². The molecule has 104 valence electrons. The Kier molecular flexibility index (Phi) is 6.75. The number of hydrogen-bond donors (Lipinski definition) is 1. The van der Waals surface area contributed by atoms with Crippen LogP contribution in [0.15, 0.2) is 12.4 Å². The van der Waals surface area contributed by atoms with Crippen molar-refractivity contribution in [1.82, 2.24) is 15.1 Å². The standard InChI is InChI=1S/C13H25N3O2/c1-5-16-9-12(8-15-16)18-13(10-17-4)7-14-6-11(2)3/h8-9,11,13-14H,5-7,10H2,1-4H3. The first kappa shape index (κ1) is 15.0. The lowest BCUT2D eigenvalue weighted by Crippen LogP contribution is -2.36. The van der Waals surface area contributed by atoms with Crippen molar-refractivity contribution >= 4 is 0 Å². The quantitative estimate of drug-likeness (QED) is 0.727. The molecule has 0 fully saturated rings. The summed E-state index contributed by atoms with van der Waals surface area (Å²) in [7, 11) is 1.69. The van der Waals surface area contributed by atoms with Crippen LogP contribution in [0.2, 0.25) is 0 Å². The Morgan fingerprint density at radius 1 is 1.39 bits per heavy atom. The second kappa shape index (κ2) is 8.11. The van der Waals surface area contributed by atoms with Gasteiger partial charge >= 0.3 is 0 Å². The Morgan fingerprint density at radius 3 is 2.72 bits per heavy atom. The summed E-state index contributed by atoms with van der Waals surface area (Å²) >= 11 is 0. The van der Waals surface area contributed by atoms with Gasteiger partial charge in [0, 0.05) is 20.2 Å². The summed E-state index contributed by atoms with van der Waals surface area (Å²) in [6, 6.07) is 0. The van der Waals surface area contributed by atoms with Gasteiger partial charge in [-0.3, -0.25) is 4.68 Å². The highest BCUT2D eigenvalue weighted by Gasteiger charge is 2.11. The van der Waals surface area contributed by atoms with Gasteiger partial charge in [0.1, 0.15) is 6.10 Å². The van der Waals surface area contributed by atoms with Crippen LogP contribution in [0.1, 0.15) is 20.8 Å². The second-order valence-corrected chi connectivity index (χ2v) is 4.78. The van der Waals surface area contributed by atoms with Crippen LogP contribution >= 0.6 is 0 Å². The van der Waals surface area contributed by atoms with Crippen LogP contribution in [0.3, 0.4) is 0 Å². The van der Waals surface area contributed by atoms with E-state index in [1.165, 1.54) is 0 Å². The lowest BCUT2D eigenvalue weighted by molar-refractivity contribution is 0.0801. The monoisotopic (exact) mass is 255 g/mol. The molecule has 1 unspecified atom stereocenters. The largest absolute Gasteiger partial charge is 0.483 e. The normalized spacial score (nSPS) is 12.9. The summed E-state index contributed by atoms with van der Waals surface area (Å²) in [5.41, 5.74) is 0. The van der Waals surface area contributed by atoms with Crippen molar-refractivity contribution in [3.63, 3.8) is 0 Å². The fourth-order valence-electron chi connectivity index (χ4n) is 1.62. The number of methoxy groups -OCH3 is 1. The zero-order valence-corrected chi connectivity index (χ0v) is 11.8. The van der Waals surface area contributed by atoms with Gasteiger partial charge in [0.2, 0.25) is 0 Å². The molecule has 1 rings (SSSR count). The van der Waals surface area contributed by atoms with Gasteiger partial charge in [-0.25, -0.2) is 0 Å². The Hall–Kier alpha value is -1.07. The minimum absolute atomic E-state index is 0.0169. The summed E-state index contributed by atoms with van der Waals surface area (Å²) in [6.45, 7) is 9.61. The Bertz CT molecular complexity index is 326. The highest BCUT2D eigenvalue weighted by atomic mass is 16.5. The molecule has 1 aromatic heterocycles. The summed E-state index contributed by atoms with van der Waals surface area (Å²) in [5, 5.41) is 7.57. The van der Waals surface area contributed by atoms with Crippen molar-refractivity contribution in [3.8, 4) is 5.75 Å². The number of ether oxygens (including phenoxy) is 2. The van der Waals surface area contributed by atoms with Crippen molar-refractivity contribution in [2.24, 2.45) is 5.92 Å². The first-order valence-corrected chi connectivity index (χ1v) is 6.54. The molecule has 1 N–H and O–H groups in total. The molecule has 1 heterocycles. The third kappa shape index (κ3) is 5.51. The molecule has 0 bridgehead atoms. The molecule has 0 amide bonds. The molecular formula is C13H25N3O2. The third-order valence-corrected chi connectivity index (χ3v) is 2.51. The molecule has 1 atom stereocenters. The van der Waals surface area contributed by atoms with Crippen LogP contribution in [-0.2, 0) is 11.3 Å². The van der Waals surface area contributed by atoms with E-state index in [2.05, 4.69) is 24.3 Å². The van der Waals surface area contributed by atoms with Crippen LogP contribution in [-0.4, -0.2) is 42.7 Å². The first-order valence-electron chi connectivity index (χ1n) is 6.54. The predicted molar refractivity (Wildman–Crippen MR) is 71.9 cm³/mol. The van der Waals surface area contributed by atoms with Gasteiger partial charge in [-0.05, 0) is 19.4 Å². The molecule has 0 radical (unpaired) electrons. The zero-order chi connectivity index (χ0) is 13.4. The van der Waals surface area contributed by atoms with E-state index in [0.717, 1.165) is 25.4 Å². The van der Waals surface area contributed by atoms with E-state index >= 15 is 0 Å². The number of nitrogens with zero attached hydrogens (tertiary/aromatic N) is 2. The van der Waals surface area contributed by atoms with Crippen LogP contribution in [0, 0.1) is 5.92 Å². The van der Waals surface area contributed by atoms with Crippen molar-refractivity contribution in [2.75, 3.05) is 26.8 Å². The van der Waals surface area contributed by atoms with E-state index in [1.54, 1.807) is 13.3 Å². The summed E-state index contributed by atoms with van der Waals surface area (Å²) in [5.74, 6) is 1.43. The molecule has 0 aliphatic rings. The van der Waals surface area contributed by atoms with Gasteiger partial charge < -0.3 is 14.8 Å². The van der Waals surface area contributed by atoms with Crippen LogP contribution in [0.5, 0.6) is 5.75 Å². The maximum Gasteiger partial charge on any atom is 0.157 e. The second-order valence-electron chi connectivity index (χ2n) is 4.78. The molecule has 0 saturated carbocycles. The smallest absolute Gasteiger partial charge is 0.157 e. The fourth-order valence-corrected chi connectivity index (χ4v) is 1.62. The van der Waals surface area contributed by atoms with Crippen LogP contribution in [0.4, 0.5) is 0 Å². The summed E-state index contributed by atoms with van der Waals surface area (Å²) in [4.78, 5) is 0. The molecular weight excluding hydrogens is 230 g/mol. The van der Waals surface area contributed by atoms with Gasteiger partial charge in [0.05, 0.1) is 19.0 Å². The predicted octanol–water partition coefficient (Wildman–Crippen LogP) is 1.54. The molecule has 18 heavy (non-hydrogen) atoms. The Morgan fingerprint density at radius 2 is 2.17 bits per heavy atom. The number of aromatic nitrogens is 2. The SMILES string of the molecule is CCn1cc(OC(CNCC(C)C)COC)cn1. The fraction of sp³-hybridized carbons (Fsp3) is 0.769. The van der Waals surface area contributed by atoms with Gasteiger partial charge in [-0.1, -0.05) is 13.8 Å². The average molecular weight is 255 g/mol. The van der Waals surface area contributed by atoms with E-state index in [-0.39, 0.29) is 6.10 Å². The molecule has 5 nitrogen and oxygen atoms in total. The van der Waals surface area contributed by atoms with E-state index < -0.39 is 0 Å². The highest BCUT2D eigenvalue weighted by molar-refractivity contribution is 5.12. The molecule has 0 saturated heterocycles. The minimum atomic E-state index is 0.0169. The molecule has 0 aliphatic carbocycles. The first-order chi connectivity index (χ1) is 8.65. The molecule has 0 spiro atoms. The number of aryl methyl sites for hydroxylation is 1. The summed E-state index contributed by atoms with van der Waals surface area (Å²) < 4.78 is 12.9. The van der Waals surface area contributed by atoms with E-state index in [0.29, 0.717) is 12.5 Å². The lowest BCUT2D eigenvalue weighted by atomic mass is 10.2. The van der Waals surface area contributed by atoms with E-state index in [4.69, 9.17) is 9.47 Å². The molecule has 5 heteroatoms. The molecule has 1 aromatic rings. The van der Waals surface area contributed by atoms with Crippen LogP contribution in [0.25, 0.3) is 0 Å². The Labute approximate surface area is 109 Å². The maximum absolute atomic E-state index is 5.85. The highest BCUT2D eigenvalue weighted by Crippen LogP contribution is 2.10. The summed E-state index contributed by atoms with van der Waals surface area (Å²) in [6.07, 6.45) is 3.67. The maximum atomic E-state index is 5.85. The van der Waals surface area contributed by atoms with Crippen LogP contribution < -0.4 is 10.1 Å². The third-order valence-electron chi connectivity index (χ3n) is 2.51. The average Bonchev–Trinajstić information content (AvgIpc) is 2.76. The zero-order valence-electron chi connectivity index (χ0n) is 11.8. The van der Waals surface area contributed by atoms with Gasteiger partial charge in [-0.2, -0.15) is 5.10 Å². The molecule has 0 aliphatic heterocycles. The lowest BCUT2D eigenvalue weighted by Gasteiger charge is -2.18. The number of rotatable bonds is 9. The van der Waals surface area contributed by atoms with Gasteiger partial charge in [0.25, 0.3) is 0 Å².